The van der Waals surface area contributed by atoms with Crippen molar-refractivity contribution in [1.82, 2.24) is 15.0 Å². The van der Waals surface area contributed by atoms with Crippen molar-refractivity contribution in [3.8, 4) is 0 Å². The number of aromatic amines is 1. The number of aldehydes is 1. The highest BCUT2D eigenvalue weighted by Gasteiger charge is 2.32. The van der Waals surface area contributed by atoms with Crippen LogP contribution in [-0.4, -0.2) is 47.4 Å². The average molecular weight is 388 g/mol. The van der Waals surface area contributed by atoms with Crippen LogP contribution in [0.4, 0.5) is 13.2 Å². The number of rotatable bonds is 8. The summed E-state index contributed by atoms with van der Waals surface area (Å²) >= 11 is 0. The van der Waals surface area contributed by atoms with E-state index in [2.05, 4.69) is 28.2 Å². The summed E-state index contributed by atoms with van der Waals surface area (Å²) in [6.07, 6.45) is 4.50. The van der Waals surface area contributed by atoms with Crippen LogP contribution in [0.2, 0.25) is 0 Å². The van der Waals surface area contributed by atoms with Gasteiger partial charge in [-0.1, -0.05) is 12.2 Å². The topological polar surface area (TPSA) is 78.4 Å². The van der Waals surface area contributed by atoms with Crippen molar-refractivity contribution in [2.45, 2.75) is 38.8 Å². The van der Waals surface area contributed by atoms with E-state index in [-0.39, 0.29) is 5.78 Å². The molecule has 6 nitrogen and oxygen atoms in total. The number of carbonyl (C=O) groups excluding carboxylic acids is 2. The normalized spacial score (nSPS) is 10.1. The summed E-state index contributed by atoms with van der Waals surface area (Å²) in [6.45, 7) is 8.37. The molecule has 1 aromatic rings. The van der Waals surface area contributed by atoms with Crippen LogP contribution in [-0.2, 0) is 22.2 Å². The second-order valence-corrected chi connectivity index (χ2v) is 5.30. The Kier molecular flexibility index (Phi) is 15.3. The molecule has 27 heavy (non-hydrogen) atoms. The number of aryl methyl sites for hydroxylation is 1. The number of H-pyrrole nitrogens is 1. The molecule has 0 radical (unpaired) electrons. The predicted octanol–water partition coefficient (Wildman–Crippen LogP) is 3.82. The fourth-order valence-corrected chi connectivity index (χ4v) is 1.26. The fourth-order valence-electron chi connectivity index (χ4n) is 1.26. The van der Waals surface area contributed by atoms with Crippen LogP contribution in [0.15, 0.2) is 36.6 Å². The largest absolute Gasteiger partial charge is 0.432 e. The zero-order valence-corrected chi connectivity index (χ0v) is 15.9. The first-order valence-electron chi connectivity index (χ1n) is 8.06. The molecule has 9 heteroatoms. The highest BCUT2D eigenvalue weighted by atomic mass is 19.4. The lowest BCUT2D eigenvalue weighted by Crippen LogP contribution is -2.05. The van der Waals surface area contributed by atoms with Crippen LogP contribution >= 0.6 is 0 Å². The van der Waals surface area contributed by atoms with E-state index in [0.29, 0.717) is 25.1 Å². The van der Waals surface area contributed by atoms with E-state index in [1.165, 1.54) is 13.1 Å². The molecular weight excluding hydrogens is 361 g/mol. The molecule has 0 saturated heterocycles. The molecule has 0 spiro atoms. The van der Waals surface area contributed by atoms with Crippen LogP contribution in [0.3, 0.4) is 0 Å². The second-order valence-electron chi connectivity index (χ2n) is 5.30. The fraction of sp³-hybridized carbons (Fsp3) is 0.444. The van der Waals surface area contributed by atoms with Gasteiger partial charge in [-0.2, -0.15) is 18.3 Å². The third-order valence-electron chi connectivity index (χ3n) is 2.48. The van der Waals surface area contributed by atoms with Crippen LogP contribution in [0, 0.1) is 0 Å². The number of unbranched alkanes of at least 4 members (excludes halogenated alkanes) is 1. The SMILES string of the molecule is C=CCCC=O.C=CCCc1ncc(C(F)(F)F)[nH]1.CC(=O)/C=N/N(C)C. The van der Waals surface area contributed by atoms with E-state index in [9.17, 15) is 22.8 Å². The predicted molar refractivity (Wildman–Crippen MR) is 100 cm³/mol. The molecule has 1 N–H and O–H groups in total. The quantitative estimate of drug-likeness (QED) is 0.241. The number of hydrogen-bond donors (Lipinski definition) is 1. The van der Waals surface area contributed by atoms with Crippen LogP contribution in [0.1, 0.15) is 37.7 Å². The summed E-state index contributed by atoms with van der Waals surface area (Å²) in [5.74, 6) is 0.311. The van der Waals surface area contributed by atoms with Gasteiger partial charge in [0.25, 0.3) is 0 Å². The number of hydrazone groups is 1. The first kappa shape index (κ1) is 26.5. The smallest absolute Gasteiger partial charge is 0.338 e. The molecule has 0 bridgehead atoms. The van der Waals surface area contributed by atoms with E-state index in [1.807, 2.05) is 0 Å². The number of ketones is 1. The Morgan fingerprint density at radius 2 is 1.85 bits per heavy atom. The molecule has 0 unspecified atom stereocenters. The van der Waals surface area contributed by atoms with Crippen molar-refractivity contribution in [3.05, 3.63) is 43.0 Å². The summed E-state index contributed by atoms with van der Waals surface area (Å²) in [4.78, 5) is 25.5. The van der Waals surface area contributed by atoms with Crippen molar-refractivity contribution in [1.29, 1.82) is 0 Å². The first-order valence-corrected chi connectivity index (χ1v) is 8.06. The Morgan fingerprint density at radius 3 is 2.15 bits per heavy atom. The van der Waals surface area contributed by atoms with Crippen LogP contribution in [0.5, 0.6) is 0 Å². The van der Waals surface area contributed by atoms with Crippen molar-refractivity contribution >= 4 is 18.3 Å². The summed E-state index contributed by atoms with van der Waals surface area (Å²) in [6, 6.07) is 0. The Morgan fingerprint density at radius 1 is 1.26 bits per heavy atom. The number of halogens is 3. The minimum Gasteiger partial charge on any atom is -0.338 e. The van der Waals surface area contributed by atoms with Crippen molar-refractivity contribution in [2.75, 3.05) is 14.1 Å². The number of Topliss-reactive ketones (excluding diaryl/α,β-unsaturated/α-hetero) is 1. The maximum Gasteiger partial charge on any atom is 0.432 e. The summed E-state index contributed by atoms with van der Waals surface area (Å²) in [5.41, 5.74) is -0.799. The third kappa shape index (κ3) is 17.9. The van der Waals surface area contributed by atoms with Gasteiger partial charge >= 0.3 is 6.18 Å². The molecule has 0 amide bonds. The molecule has 1 aromatic heterocycles. The number of hydrogen-bond acceptors (Lipinski definition) is 5. The average Bonchev–Trinajstić information content (AvgIpc) is 3.07. The third-order valence-corrected chi connectivity index (χ3v) is 2.48. The summed E-state index contributed by atoms with van der Waals surface area (Å²) in [5, 5.41) is 5.25. The molecule has 0 aliphatic carbocycles. The zero-order chi connectivity index (χ0) is 21.3. The maximum atomic E-state index is 12.0. The van der Waals surface area contributed by atoms with Gasteiger partial charge < -0.3 is 14.8 Å². The molecule has 1 rings (SSSR count). The molecule has 0 aliphatic heterocycles. The molecular formula is C18H27F3N4O2. The van der Waals surface area contributed by atoms with E-state index < -0.39 is 11.9 Å². The summed E-state index contributed by atoms with van der Waals surface area (Å²) in [7, 11) is 3.53. The molecule has 0 fully saturated rings. The number of allylic oxidation sites excluding steroid dienone is 2. The van der Waals surface area contributed by atoms with Gasteiger partial charge in [-0.25, -0.2) is 4.98 Å². The van der Waals surface area contributed by atoms with Gasteiger partial charge in [0.2, 0.25) is 0 Å². The Labute approximate surface area is 157 Å². The van der Waals surface area contributed by atoms with E-state index >= 15 is 0 Å². The van der Waals surface area contributed by atoms with Crippen LogP contribution < -0.4 is 0 Å². The van der Waals surface area contributed by atoms with Gasteiger partial charge in [-0.05, 0) is 12.8 Å². The lowest BCUT2D eigenvalue weighted by molar-refractivity contribution is -0.141. The van der Waals surface area contributed by atoms with Gasteiger partial charge in [0.05, 0.1) is 12.4 Å². The minimum absolute atomic E-state index is 0.0290. The number of imidazole rings is 1. The van der Waals surface area contributed by atoms with Gasteiger partial charge in [-0.3, -0.25) is 4.79 Å². The van der Waals surface area contributed by atoms with Gasteiger partial charge in [0.15, 0.2) is 5.78 Å². The number of aromatic nitrogens is 2. The summed E-state index contributed by atoms with van der Waals surface area (Å²) < 4.78 is 36.1. The van der Waals surface area contributed by atoms with Crippen molar-refractivity contribution < 1.29 is 22.8 Å². The monoisotopic (exact) mass is 388 g/mol. The number of carbonyl (C=O) groups is 2. The highest BCUT2D eigenvalue weighted by Crippen LogP contribution is 2.27. The van der Waals surface area contributed by atoms with Crippen molar-refractivity contribution in [3.63, 3.8) is 0 Å². The zero-order valence-electron chi connectivity index (χ0n) is 15.9. The Balaban J connectivity index is 0. The first-order chi connectivity index (χ1) is 12.6. The molecule has 0 atom stereocenters. The van der Waals surface area contributed by atoms with Gasteiger partial charge in [0.1, 0.15) is 17.8 Å². The van der Waals surface area contributed by atoms with E-state index in [0.717, 1.165) is 18.9 Å². The Bertz CT molecular complexity index is 586. The molecule has 0 aromatic carbocycles. The molecule has 0 saturated carbocycles. The molecule has 152 valence electrons. The lowest BCUT2D eigenvalue weighted by Gasteiger charge is -2.00. The number of alkyl halides is 3. The Hall–Kier alpha value is -2.71. The molecule has 0 aliphatic rings. The molecule has 1 heterocycles. The van der Waals surface area contributed by atoms with E-state index in [4.69, 9.17) is 0 Å². The lowest BCUT2D eigenvalue weighted by atomic mass is 10.3. The van der Waals surface area contributed by atoms with Gasteiger partial charge in [-0.15, -0.1) is 13.2 Å². The highest BCUT2D eigenvalue weighted by molar-refractivity contribution is 6.26. The van der Waals surface area contributed by atoms with Crippen LogP contribution in [0.25, 0.3) is 0 Å². The maximum absolute atomic E-state index is 12.0. The van der Waals surface area contributed by atoms with Gasteiger partial charge in [0, 0.05) is 33.9 Å². The van der Waals surface area contributed by atoms with Crippen molar-refractivity contribution in [2.24, 2.45) is 5.10 Å². The number of nitrogens with one attached hydrogen (secondary N) is 1. The standard InChI is InChI=1S/C8H9F3N2.C5H10N2O.C5H8O/c1-2-3-4-7-12-5-6(13-7)8(9,10)11;1-5(8)4-6-7(2)3;1-2-3-4-5-6/h2,5H,1,3-4H2,(H,12,13);4H,1-3H3;2,5H,1,3-4H2/b;6-4+;. The second kappa shape index (κ2) is 15.5. The van der Waals surface area contributed by atoms with E-state index in [1.54, 1.807) is 31.3 Å². The minimum atomic E-state index is -4.33. The number of nitrogens with zero attached hydrogens (tertiary/aromatic N) is 3.